The summed E-state index contributed by atoms with van der Waals surface area (Å²) in [5, 5.41) is 3.23. The molecule has 0 amide bonds. The summed E-state index contributed by atoms with van der Waals surface area (Å²) in [6, 6.07) is 0.559. The van der Waals surface area contributed by atoms with E-state index in [1.807, 2.05) is 18.8 Å². The fourth-order valence-electron chi connectivity index (χ4n) is 2.61. The molecule has 2 heterocycles. The van der Waals surface area contributed by atoms with Gasteiger partial charge >= 0.3 is 0 Å². The summed E-state index contributed by atoms with van der Waals surface area (Å²) in [4.78, 5) is 12.0. The predicted octanol–water partition coefficient (Wildman–Crippen LogP) is 2.65. The molecule has 1 unspecified atom stereocenters. The zero-order valence-corrected chi connectivity index (χ0v) is 12.8. The average molecular weight is 278 g/mol. The summed E-state index contributed by atoms with van der Waals surface area (Å²) >= 11 is 2.04. The highest BCUT2D eigenvalue weighted by Crippen LogP contribution is 2.40. The summed E-state index contributed by atoms with van der Waals surface area (Å²) in [6.07, 6.45) is 2.49. The van der Waals surface area contributed by atoms with E-state index in [1.54, 1.807) is 0 Å². The normalized spacial score (nSPS) is 23.5. The molecule has 4 nitrogen and oxygen atoms in total. The Hall–Kier alpha value is -0.970. The Morgan fingerprint density at radius 2 is 2.11 bits per heavy atom. The highest BCUT2D eigenvalue weighted by molar-refractivity contribution is 7.99. The SMILES string of the molecule is CNc1nc(C2CC2)nc(N2CCSCC2C)c1C. The van der Waals surface area contributed by atoms with E-state index in [0.29, 0.717) is 12.0 Å². The molecule has 1 aromatic heterocycles. The van der Waals surface area contributed by atoms with Crippen LogP contribution in [0.1, 0.15) is 37.1 Å². The van der Waals surface area contributed by atoms with Crippen LogP contribution in [-0.2, 0) is 0 Å². The number of hydrogen-bond donors (Lipinski definition) is 1. The van der Waals surface area contributed by atoms with Crippen molar-refractivity contribution in [1.82, 2.24) is 9.97 Å². The Kier molecular flexibility index (Phi) is 3.56. The van der Waals surface area contributed by atoms with Crippen molar-refractivity contribution in [1.29, 1.82) is 0 Å². The minimum Gasteiger partial charge on any atom is -0.373 e. The smallest absolute Gasteiger partial charge is 0.137 e. The maximum atomic E-state index is 4.88. The number of aromatic nitrogens is 2. The molecule has 2 fully saturated rings. The molecule has 1 aliphatic carbocycles. The van der Waals surface area contributed by atoms with E-state index in [2.05, 4.69) is 29.0 Å². The van der Waals surface area contributed by atoms with Gasteiger partial charge in [0.25, 0.3) is 0 Å². The second kappa shape index (κ2) is 5.19. The van der Waals surface area contributed by atoms with E-state index < -0.39 is 0 Å². The molecule has 1 saturated heterocycles. The van der Waals surface area contributed by atoms with E-state index in [9.17, 15) is 0 Å². The molecule has 0 spiro atoms. The minimum atomic E-state index is 0.559. The van der Waals surface area contributed by atoms with E-state index >= 15 is 0 Å². The Labute approximate surface area is 119 Å². The fourth-order valence-corrected chi connectivity index (χ4v) is 3.62. The van der Waals surface area contributed by atoms with Gasteiger partial charge in [-0.15, -0.1) is 0 Å². The van der Waals surface area contributed by atoms with Gasteiger partial charge in [-0.2, -0.15) is 11.8 Å². The van der Waals surface area contributed by atoms with E-state index in [-0.39, 0.29) is 0 Å². The molecule has 1 atom stereocenters. The van der Waals surface area contributed by atoms with Gasteiger partial charge in [-0.25, -0.2) is 9.97 Å². The fraction of sp³-hybridized carbons (Fsp3) is 0.714. The lowest BCUT2D eigenvalue weighted by molar-refractivity contribution is 0.681. The van der Waals surface area contributed by atoms with Gasteiger partial charge in [0, 0.05) is 42.6 Å². The van der Waals surface area contributed by atoms with Crippen LogP contribution in [0.4, 0.5) is 11.6 Å². The first kappa shape index (κ1) is 13.0. The zero-order chi connectivity index (χ0) is 13.4. The second-order valence-electron chi connectivity index (χ2n) is 5.52. The van der Waals surface area contributed by atoms with Gasteiger partial charge < -0.3 is 10.2 Å². The average Bonchev–Trinajstić information content (AvgIpc) is 3.24. The number of anilines is 2. The number of hydrogen-bond acceptors (Lipinski definition) is 5. The summed E-state index contributed by atoms with van der Waals surface area (Å²) < 4.78 is 0. The van der Waals surface area contributed by atoms with Crippen LogP contribution in [-0.4, -0.2) is 41.1 Å². The maximum absolute atomic E-state index is 4.88. The minimum absolute atomic E-state index is 0.559. The van der Waals surface area contributed by atoms with E-state index in [1.165, 1.54) is 29.9 Å². The largest absolute Gasteiger partial charge is 0.373 e. The van der Waals surface area contributed by atoms with Gasteiger partial charge in [-0.3, -0.25) is 0 Å². The first-order chi connectivity index (χ1) is 9.20. The van der Waals surface area contributed by atoms with Crippen molar-refractivity contribution in [3.05, 3.63) is 11.4 Å². The predicted molar refractivity (Wildman–Crippen MR) is 82.4 cm³/mol. The van der Waals surface area contributed by atoms with Crippen LogP contribution in [0.2, 0.25) is 0 Å². The molecular formula is C14H22N4S. The Morgan fingerprint density at radius 3 is 2.74 bits per heavy atom. The van der Waals surface area contributed by atoms with Crippen LogP contribution in [0.3, 0.4) is 0 Å². The van der Waals surface area contributed by atoms with E-state index in [0.717, 1.165) is 24.0 Å². The molecule has 3 rings (SSSR count). The quantitative estimate of drug-likeness (QED) is 0.920. The molecular weight excluding hydrogens is 256 g/mol. The van der Waals surface area contributed by atoms with Crippen LogP contribution in [0.15, 0.2) is 0 Å². The molecule has 19 heavy (non-hydrogen) atoms. The van der Waals surface area contributed by atoms with E-state index in [4.69, 9.17) is 4.98 Å². The molecule has 1 saturated carbocycles. The summed E-state index contributed by atoms with van der Waals surface area (Å²) in [7, 11) is 1.95. The maximum Gasteiger partial charge on any atom is 0.137 e. The zero-order valence-electron chi connectivity index (χ0n) is 11.9. The number of thioether (sulfide) groups is 1. The van der Waals surface area contributed by atoms with Gasteiger partial charge in [-0.05, 0) is 26.7 Å². The van der Waals surface area contributed by atoms with Gasteiger partial charge in [-0.1, -0.05) is 0 Å². The van der Waals surface area contributed by atoms with Crippen molar-refractivity contribution in [2.75, 3.05) is 35.3 Å². The van der Waals surface area contributed by atoms with Crippen LogP contribution in [0, 0.1) is 6.92 Å². The Balaban J connectivity index is 2.00. The standard InChI is InChI=1S/C14H22N4S/c1-9-8-19-7-6-18(9)14-10(2)12(15-3)16-13(17-14)11-4-5-11/h9,11H,4-8H2,1-3H3,(H,15,16,17). The Bertz CT molecular complexity index is 473. The van der Waals surface area contributed by atoms with Crippen LogP contribution >= 0.6 is 11.8 Å². The van der Waals surface area contributed by atoms with Crippen molar-refractivity contribution in [3.63, 3.8) is 0 Å². The first-order valence-corrected chi connectivity index (χ1v) is 8.27. The summed E-state index contributed by atoms with van der Waals surface area (Å²) in [5.41, 5.74) is 1.19. The molecule has 0 aromatic carbocycles. The molecule has 2 aliphatic rings. The monoisotopic (exact) mass is 278 g/mol. The highest BCUT2D eigenvalue weighted by atomic mass is 32.2. The van der Waals surface area contributed by atoms with Crippen molar-refractivity contribution < 1.29 is 0 Å². The number of rotatable bonds is 3. The van der Waals surface area contributed by atoms with Crippen molar-refractivity contribution in [2.24, 2.45) is 0 Å². The lowest BCUT2D eigenvalue weighted by Crippen LogP contribution is -2.41. The van der Waals surface area contributed by atoms with Gasteiger partial charge in [0.05, 0.1) is 0 Å². The highest BCUT2D eigenvalue weighted by Gasteiger charge is 2.30. The van der Waals surface area contributed by atoms with Crippen molar-refractivity contribution in [2.45, 2.75) is 38.6 Å². The topological polar surface area (TPSA) is 41.1 Å². The molecule has 1 aliphatic heterocycles. The third-order valence-corrected chi connectivity index (χ3v) is 5.15. The number of nitrogens with one attached hydrogen (secondary N) is 1. The number of nitrogens with zero attached hydrogens (tertiary/aromatic N) is 3. The third kappa shape index (κ3) is 2.53. The summed E-state index contributed by atoms with van der Waals surface area (Å²) in [5.74, 6) is 6.17. The lowest BCUT2D eigenvalue weighted by atomic mass is 10.2. The van der Waals surface area contributed by atoms with Crippen molar-refractivity contribution in [3.8, 4) is 0 Å². The second-order valence-corrected chi connectivity index (χ2v) is 6.67. The van der Waals surface area contributed by atoms with Gasteiger partial charge in [0.1, 0.15) is 17.5 Å². The molecule has 0 bridgehead atoms. The molecule has 1 N–H and O–H groups in total. The molecule has 104 valence electrons. The van der Waals surface area contributed by atoms with Gasteiger partial charge in [0.15, 0.2) is 0 Å². The molecule has 5 heteroatoms. The van der Waals surface area contributed by atoms with Crippen molar-refractivity contribution >= 4 is 23.4 Å². The molecule has 1 aromatic rings. The third-order valence-electron chi connectivity index (χ3n) is 3.96. The van der Waals surface area contributed by atoms with Crippen LogP contribution in [0.25, 0.3) is 0 Å². The summed E-state index contributed by atoms with van der Waals surface area (Å²) in [6.45, 7) is 5.52. The first-order valence-electron chi connectivity index (χ1n) is 7.11. The van der Waals surface area contributed by atoms with Gasteiger partial charge in [0.2, 0.25) is 0 Å². The molecule has 0 radical (unpaired) electrons. The Morgan fingerprint density at radius 1 is 1.32 bits per heavy atom. The van der Waals surface area contributed by atoms with Crippen LogP contribution < -0.4 is 10.2 Å². The lowest BCUT2D eigenvalue weighted by Gasteiger charge is -2.35. The van der Waals surface area contributed by atoms with Crippen LogP contribution in [0.5, 0.6) is 0 Å².